The molecule has 4 aromatic rings. The van der Waals surface area contributed by atoms with Crippen LogP contribution in [0.15, 0.2) is 84.8 Å². The van der Waals surface area contributed by atoms with Crippen molar-refractivity contribution in [2.45, 2.75) is 12.6 Å². The van der Waals surface area contributed by atoms with Crippen molar-refractivity contribution in [2.24, 2.45) is 0 Å². The number of halogens is 1. The molecule has 0 aliphatic carbocycles. The summed E-state index contributed by atoms with van der Waals surface area (Å²) in [6, 6.07) is 13.4. The number of furan rings is 2. The number of hydrogen-bond acceptors (Lipinski definition) is 6. The van der Waals surface area contributed by atoms with Gasteiger partial charge in [-0.15, -0.1) is 11.3 Å². The van der Waals surface area contributed by atoms with E-state index in [1.807, 2.05) is 29.6 Å². The first kappa shape index (κ1) is 18.9. The lowest BCUT2D eigenvalue weighted by Crippen LogP contribution is -2.30. The van der Waals surface area contributed by atoms with Crippen LogP contribution in [0, 0.1) is 0 Å². The van der Waals surface area contributed by atoms with Crippen LogP contribution in [0.3, 0.4) is 0 Å². The predicted octanol–water partition coefficient (Wildman–Crippen LogP) is 5.63. The Morgan fingerprint density at radius 3 is 2.80 bits per heavy atom. The standard InChI is InChI=1S/C22H14BrNO5S/c23-13-5-6-15-12(9-13)10-16(29-15)20(25)18-19(17-4-2-8-30-17)24(22(27)21(18)26)11-14-3-1-7-28-14/h1-10,19,26H,11H2. The maximum Gasteiger partial charge on any atom is 0.290 e. The number of thiophene rings is 1. The number of nitrogens with zero attached hydrogens (tertiary/aromatic N) is 1. The second-order valence-corrected chi connectivity index (χ2v) is 8.71. The molecule has 0 radical (unpaired) electrons. The van der Waals surface area contributed by atoms with E-state index in [-0.39, 0.29) is 17.9 Å². The zero-order valence-corrected chi connectivity index (χ0v) is 17.8. The third kappa shape index (κ3) is 3.09. The number of carbonyl (C=O) groups is 2. The van der Waals surface area contributed by atoms with Gasteiger partial charge in [0, 0.05) is 14.7 Å². The number of ketones is 1. The van der Waals surface area contributed by atoms with E-state index in [1.54, 1.807) is 24.3 Å². The fraction of sp³-hybridized carbons (Fsp3) is 0.0909. The largest absolute Gasteiger partial charge is 0.503 e. The molecule has 150 valence electrons. The van der Waals surface area contributed by atoms with Gasteiger partial charge in [0.1, 0.15) is 17.4 Å². The second kappa shape index (κ2) is 7.30. The summed E-state index contributed by atoms with van der Waals surface area (Å²) in [5.74, 6) is -1.08. The van der Waals surface area contributed by atoms with Gasteiger partial charge in [-0.2, -0.15) is 0 Å². The van der Waals surface area contributed by atoms with Crippen molar-refractivity contribution >= 4 is 49.9 Å². The number of Topliss-reactive ketones (excluding diaryl/α,β-unsaturated/α-hetero) is 1. The minimum Gasteiger partial charge on any atom is -0.503 e. The van der Waals surface area contributed by atoms with Crippen LogP contribution in [0.1, 0.15) is 27.2 Å². The average molecular weight is 484 g/mol. The van der Waals surface area contributed by atoms with Gasteiger partial charge in [-0.3, -0.25) is 9.59 Å². The molecule has 1 N–H and O–H groups in total. The van der Waals surface area contributed by atoms with E-state index >= 15 is 0 Å². The van der Waals surface area contributed by atoms with Gasteiger partial charge in [0.25, 0.3) is 5.91 Å². The van der Waals surface area contributed by atoms with E-state index in [2.05, 4.69) is 15.9 Å². The van der Waals surface area contributed by atoms with Crippen molar-refractivity contribution < 1.29 is 23.5 Å². The van der Waals surface area contributed by atoms with Crippen LogP contribution in [-0.4, -0.2) is 21.7 Å². The Bertz CT molecular complexity index is 1290. The molecule has 1 aliphatic rings. The van der Waals surface area contributed by atoms with Crippen LogP contribution in [-0.2, 0) is 11.3 Å². The number of hydrogen-bond donors (Lipinski definition) is 1. The summed E-state index contributed by atoms with van der Waals surface area (Å²) in [6.07, 6.45) is 1.52. The highest BCUT2D eigenvalue weighted by molar-refractivity contribution is 9.10. The first-order valence-electron chi connectivity index (χ1n) is 9.06. The molecule has 1 aromatic carbocycles. The molecule has 0 spiro atoms. The molecule has 1 unspecified atom stereocenters. The zero-order valence-electron chi connectivity index (χ0n) is 15.4. The Morgan fingerprint density at radius 1 is 1.20 bits per heavy atom. The lowest BCUT2D eigenvalue weighted by atomic mass is 10.00. The number of amides is 1. The van der Waals surface area contributed by atoms with E-state index in [1.165, 1.54) is 22.5 Å². The number of rotatable bonds is 5. The van der Waals surface area contributed by atoms with Gasteiger partial charge in [-0.05, 0) is 47.8 Å². The average Bonchev–Trinajstić information content (AvgIpc) is 3.52. The van der Waals surface area contributed by atoms with Crippen LogP contribution in [0.2, 0.25) is 0 Å². The quantitative estimate of drug-likeness (QED) is 0.372. The number of aliphatic hydroxyl groups is 1. The Kier molecular flexibility index (Phi) is 4.60. The predicted molar refractivity (Wildman–Crippen MR) is 114 cm³/mol. The van der Waals surface area contributed by atoms with Crippen molar-refractivity contribution in [1.82, 2.24) is 4.90 Å². The molecule has 4 heterocycles. The summed E-state index contributed by atoms with van der Waals surface area (Å²) in [5.41, 5.74) is 0.554. The summed E-state index contributed by atoms with van der Waals surface area (Å²) in [4.78, 5) is 28.5. The minimum absolute atomic E-state index is 0.00660. The molecule has 30 heavy (non-hydrogen) atoms. The van der Waals surface area contributed by atoms with Crippen molar-refractivity contribution in [3.63, 3.8) is 0 Å². The highest BCUT2D eigenvalue weighted by Gasteiger charge is 2.45. The van der Waals surface area contributed by atoms with Gasteiger partial charge in [0.2, 0.25) is 5.78 Å². The maximum atomic E-state index is 13.4. The lowest BCUT2D eigenvalue weighted by molar-refractivity contribution is -0.130. The summed E-state index contributed by atoms with van der Waals surface area (Å²) >= 11 is 4.80. The number of benzene rings is 1. The fourth-order valence-electron chi connectivity index (χ4n) is 3.62. The Labute approximate surface area is 183 Å². The molecular weight excluding hydrogens is 470 g/mol. The van der Waals surface area contributed by atoms with E-state index in [0.717, 1.165) is 14.7 Å². The molecule has 0 saturated heterocycles. The molecule has 5 rings (SSSR count). The maximum absolute atomic E-state index is 13.4. The first-order valence-corrected chi connectivity index (χ1v) is 10.7. The summed E-state index contributed by atoms with van der Waals surface area (Å²) in [6.45, 7) is 0.127. The van der Waals surface area contributed by atoms with Crippen molar-refractivity contribution in [3.8, 4) is 0 Å². The Morgan fingerprint density at radius 2 is 2.07 bits per heavy atom. The highest BCUT2D eigenvalue weighted by atomic mass is 79.9. The van der Waals surface area contributed by atoms with Crippen LogP contribution in [0.25, 0.3) is 11.0 Å². The topological polar surface area (TPSA) is 83.9 Å². The summed E-state index contributed by atoms with van der Waals surface area (Å²) in [7, 11) is 0. The summed E-state index contributed by atoms with van der Waals surface area (Å²) < 4.78 is 12.0. The smallest absolute Gasteiger partial charge is 0.290 e. The molecular formula is C22H14BrNO5S. The van der Waals surface area contributed by atoms with E-state index in [9.17, 15) is 14.7 Å². The van der Waals surface area contributed by atoms with E-state index in [0.29, 0.717) is 11.3 Å². The number of aliphatic hydroxyl groups excluding tert-OH is 1. The molecule has 0 fully saturated rings. The molecule has 1 amide bonds. The van der Waals surface area contributed by atoms with Crippen LogP contribution in [0.5, 0.6) is 0 Å². The molecule has 3 aromatic heterocycles. The highest BCUT2D eigenvalue weighted by Crippen LogP contribution is 2.42. The number of carbonyl (C=O) groups excluding carboxylic acids is 2. The molecule has 6 nitrogen and oxygen atoms in total. The second-order valence-electron chi connectivity index (χ2n) is 6.81. The van der Waals surface area contributed by atoms with Crippen molar-refractivity contribution in [2.75, 3.05) is 0 Å². The van der Waals surface area contributed by atoms with Crippen LogP contribution >= 0.6 is 27.3 Å². The Balaban J connectivity index is 1.58. The van der Waals surface area contributed by atoms with E-state index in [4.69, 9.17) is 8.83 Å². The van der Waals surface area contributed by atoms with Crippen molar-refractivity contribution in [1.29, 1.82) is 0 Å². The first-order chi connectivity index (χ1) is 14.5. The molecule has 0 saturated carbocycles. The monoisotopic (exact) mass is 483 g/mol. The third-order valence-electron chi connectivity index (χ3n) is 4.97. The van der Waals surface area contributed by atoms with Crippen molar-refractivity contribution in [3.05, 3.63) is 92.4 Å². The van der Waals surface area contributed by atoms with Crippen LogP contribution in [0.4, 0.5) is 0 Å². The summed E-state index contributed by atoms with van der Waals surface area (Å²) in [5, 5.41) is 13.3. The Hall–Kier alpha value is -3.10. The zero-order chi connectivity index (χ0) is 20.8. The number of fused-ring (bicyclic) bond motifs is 1. The molecule has 0 bridgehead atoms. The van der Waals surface area contributed by atoms with Gasteiger partial charge >= 0.3 is 0 Å². The van der Waals surface area contributed by atoms with Gasteiger partial charge in [0.05, 0.1) is 18.4 Å². The van der Waals surface area contributed by atoms with E-state index < -0.39 is 23.5 Å². The lowest BCUT2D eigenvalue weighted by Gasteiger charge is -2.24. The molecule has 1 atom stereocenters. The van der Waals surface area contributed by atoms with Gasteiger partial charge in [0.15, 0.2) is 11.5 Å². The van der Waals surface area contributed by atoms with Gasteiger partial charge in [-0.1, -0.05) is 22.0 Å². The normalized spacial score (nSPS) is 16.8. The minimum atomic E-state index is -0.727. The SMILES string of the molecule is O=C(C1=C(O)C(=O)N(Cc2ccco2)C1c1cccs1)c1cc2cc(Br)ccc2o1. The fourth-order valence-corrected chi connectivity index (χ4v) is 4.84. The molecule has 8 heteroatoms. The molecule has 1 aliphatic heterocycles. The third-order valence-corrected chi connectivity index (χ3v) is 6.39. The van der Waals surface area contributed by atoms with Gasteiger partial charge in [-0.25, -0.2) is 0 Å². The van der Waals surface area contributed by atoms with Gasteiger partial charge < -0.3 is 18.8 Å². The van der Waals surface area contributed by atoms with Crippen LogP contribution < -0.4 is 0 Å².